The lowest BCUT2D eigenvalue weighted by molar-refractivity contribution is 0.0108. The van der Waals surface area contributed by atoms with Crippen molar-refractivity contribution < 1.29 is 9.94 Å². The molecule has 1 unspecified atom stereocenters. The van der Waals surface area contributed by atoms with Gasteiger partial charge in [0.15, 0.2) is 0 Å². The fraction of sp³-hybridized carbons (Fsp3) is 0.222. The molecule has 0 radical (unpaired) electrons. The van der Waals surface area contributed by atoms with Gasteiger partial charge in [0.05, 0.1) is 18.2 Å². The Hall–Kier alpha value is -1.41. The monoisotopic (exact) mass is 178 g/mol. The average molecular weight is 178 g/mol. The number of hydrogen-bond acceptors (Lipinski definition) is 4. The molecule has 0 saturated heterocycles. The molecule has 1 rings (SSSR count). The third-order valence-corrected chi connectivity index (χ3v) is 1.72. The van der Waals surface area contributed by atoms with E-state index in [1.807, 2.05) is 6.07 Å². The van der Waals surface area contributed by atoms with Gasteiger partial charge in [0.25, 0.3) is 0 Å². The zero-order chi connectivity index (χ0) is 9.68. The van der Waals surface area contributed by atoms with Gasteiger partial charge in [0.2, 0.25) is 0 Å². The smallest absolute Gasteiger partial charge is 0.127 e. The minimum Gasteiger partial charge on any atom is -0.393 e. The number of aliphatic hydroxyl groups excluding tert-OH is 1. The zero-order valence-corrected chi connectivity index (χ0v) is 6.97. The first-order chi connectivity index (χ1) is 6.31. The van der Waals surface area contributed by atoms with Crippen LogP contribution in [0.5, 0.6) is 0 Å². The highest BCUT2D eigenvalue weighted by Crippen LogP contribution is 2.15. The van der Waals surface area contributed by atoms with Crippen LogP contribution in [0, 0.1) is 11.3 Å². The van der Waals surface area contributed by atoms with Gasteiger partial charge >= 0.3 is 0 Å². The van der Waals surface area contributed by atoms with Crippen molar-refractivity contribution in [3.05, 3.63) is 35.4 Å². The van der Waals surface area contributed by atoms with Crippen molar-refractivity contribution in [3.63, 3.8) is 0 Å². The first-order valence-electron chi connectivity index (χ1n) is 3.78. The number of nitrogens with two attached hydrogens (primary N) is 1. The molecule has 4 heteroatoms. The van der Waals surface area contributed by atoms with Crippen LogP contribution in [0.1, 0.15) is 17.2 Å². The van der Waals surface area contributed by atoms with Crippen molar-refractivity contribution in [3.8, 4) is 6.07 Å². The number of hydrogen-bond donors (Lipinski definition) is 2. The Labute approximate surface area is 76.1 Å². The fourth-order valence-corrected chi connectivity index (χ4v) is 1.04. The summed E-state index contributed by atoms with van der Waals surface area (Å²) in [6, 6.07) is 8.76. The minimum absolute atomic E-state index is 0.203. The van der Waals surface area contributed by atoms with Crippen LogP contribution in [0.3, 0.4) is 0 Å². The molecular formula is C9H10N2O2. The van der Waals surface area contributed by atoms with Crippen molar-refractivity contribution in [1.82, 2.24) is 0 Å². The number of nitriles is 1. The predicted octanol–water partition coefficient (Wildman–Crippen LogP) is 0.482. The highest BCUT2D eigenvalue weighted by molar-refractivity contribution is 5.33. The number of nitrogens with zero attached hydrogens (tertiary/aromatic N) is 1. The number of aliphatic hydroxyl groups is 1. The van der Waals surface area contributed by atoms with Crippen LogP contribution >= 0.6 is 0 Å². The Balaban J connectivity index is 2.94. The second-order valence-corrected chi connectivity index (χ2v) is 2.54. The summed E-state index contributed by atoms with van der Waals surface area (Å²) in [5.74, 6) is 4.96. The first-order valence-corrected chi connectivity index (χ1v) is 3.78. The number of rotatable bonds is 3. The van der Waals surface area contributed by atoms with Gasteiger partial charge in [0.1, 0.15) is 6.10 Å². The van der Waals surface area contributed by atoms with Crippen LogP contribution < -0.4 is 5.90 Å². The molecule has 1 atom stereocenters. The second kappa shape index (κ2) is 4.58. The molecular weight excluding hydrogens is 168 g/mol. The Morgan fingerprint density at radius 1 is 1.62 bits per heavy atom. The van der Waals surface area contributed by atoms with Gasteiger partial charge in [-0.25, -0.2) is 5.90 Å². The summed E-state index contributed by atoms with van der Waals surface area (Å²) in [4.78, 5) is 4.53. The molecule has 1 aromatic rings. The lowest BCUT2D eigenvalue weighted by atomic mass is 10.1. The average Bonchev–Trinajstić information content (AvgIpc) is 2.20. The van der Waals surface area contributed by atoms with Crippen LogP contribution in [-0.2, 0) is 4.84 Å². The first kappa shape index (κ1) is 9.68. The molecule has 0 bridgehead atoms. The minimum atomic E-state index is -0.562. The lowest BCUT2D eigenvalue weighted by Crippen LogP contribution is -2.13. The second-order valence-electron chi connectivity index (χ2n) is 2.54. The van der Waals surface area contributed by atoms with Crippen molar-refractivity contribution in [1.29, 1.82) is 5.26 Å². The van der Waals surface area contributed by atoms with Crippen LogP contribution in [0.4, 0.5) is 0 Å². The summed E-state index contributed by atoms with van der Waals surface area (Å²) in [5.41, 5.74) is 1.22. The molecule has 0 heterocycles. The van der Waals surface area contributed by atoms with Gasteiger partial charge in [0, 0.05) is 0 Å². The normalized spacial score (nSPS) is 12.1. The fourth-order valence-electron chi connectivity index (χ4n) is 1.04. The van der Waals surface area contributed by atoms with Crippen LogP contribution in [0.25, 0.3) is 0 Å². The molecule has 13 heavy (non-hydrogen) atoms. The molecule has 1 aromatic carbocycles. The van der Waals surface area contributed by atoms with E-state index in [4.69, 9.17) is 16.3 Å². The summed E-state index contributed by atoms with van der Waals surface area (Å²) in [5, 5.41) is 17.5. The molecule has 4 nitrogen and oxygen atoms in total. The molecule has 68 valence electrons. The van der Waals surface area contributed by atoms with E-state index in [1.165, 1.54) is 0 Å². The lowest BCUT2D eigenvalue weighted by Gasteiger charge is -2.11. The molecule has 0 saturated carbocycles. The number of benzene rings is 1. The zero-order valence-electron chi connectivity index (χ0n) is 6.97. The molecule has 0 spiro atoms. The van der Waals surface area contributed by atoms with E-state index in [9.17, 15) is 0 Å². The van der Waals surface area contributed by atoms with Crippen LogP contribution in [-0.4, -0.2) is 11.7 Å². The molecule has 0 fully saturated rings. The van der Waals surface area contributed by atoms with Gasteiger partial charge in [-0.1, -0.05) is 12.1 Å². The molecule has 0 aliphatic carbocycles. The summed E-state index contributed by atoms with van der Waals surface area (Å²) >= 11 is 0. The third kappa shape index (κ3) is 2.26. The Kier molecular flexibility index (Phi) is 3.41. The van der Waals surface area contributed by atoms with Crippen LogP contribution in [0.2, 0.25) is 0 Å². The summed E-state index contributed by atoms with van der Waals surface area (Å²) < 4.78 is 0. The van der Waals surface area contributed by atoms with Gasteiger partial charge < -0.3 is 5.11 Å². The highest BCUT2D eigenvalue weighted by atomic mass is 16.6. The Morgan fingerprint density at radius 2 is 2.38 bits per heavy atom. The maximum Gasteiger partial charge on any atom is 0.127 e. The van der Waals surface area contributed by atoms with Crippen molar-refractivity contribution in [2.24, 2.45) is 5.90 Å². The largest absolute Gasteiger partial charge is 0.393 e. The van der Waals surface area contributed by atoms with E-state index in [0.717, 1.165) is 0 Å². The SMILES string of the molecule is N#Cc1cccc(C(CO)ON)c1. The van der Waals surface area contributed by atoms with E-state index in [1.54, 1.807) is 24.3 Å². The van der Waals surface area contributed by atoms with Gasteiger partial charge in [-0.15, -0.1) is 0 Å². The Bertz CT molecular complexity index is 316. The third-order valence-electron chi connectivity index (χ3n) is 1.72. The molecule has 3 N–H and O–H groups in total. The van der Waals surface area contributed by atoms with Crippen molar-refractivity contribution in [2.45, 2.75) is 6.10 Å². The van der Waals surface area contributed by atoms with E-state index in [2.05, 4.69) is 4.84 Å². The van der Waals surface area contributed by atoms with Gasteiger partial charge in [-0.05, 0) is 17.7 Å². The predicted molar refractivity (Wildman–Crippen MR) is 46.3 cm³/mol. The summed E-state index contributed by atoms with van der Waals surface area (Å²) in [6.07, 6.45) is -0.562. The van der Waals surface area contributed by atoms with E-state index in [0.29, 0.717) is 11.1 Å². The van der Waals surface area contributed by atoms with E-state index in [-0.39, 0.29) is 6.61 Å². The molecule has 0 aliphatic heterocycles. The van der Waals surface area contributed by atoms with Crippen molar-refractivity contribution in [2.75, 3.05) is 6.61 Å². The standard InChI is InChI=1S/C9H10N2O2/c10-5-7-2-1-3-8(4-7)9(6-12)13-11/h1-4,9,12H,6,11H2. The maximum atomic E-state index is 8.86. The summed E-state index contributed by atoms with van der Waals surface area (Å²) in [6.45, 7) is -0.203. The van der Waals surface area contributed by atoms with Gasteiger partial charge in [-0.2, -0.15) is 5.26 Å². The molecule has 0 aromatic heterocycles. The van der Waals surface area contributed by atoms with Crippen molar-refractivity contribution >= 4 is 0 Å². The van der Waals surface area contributed by atoms with Gasteiger partial charge in [-0.3, -0.25) is 4.84 Å². The maximum absolute atomic E-state index is 8.86. The van der Waals surface area contributed by atoms with E-state index < -0.39 is 6.10 Å². The topological polar surface area (TPSA) is 79.3 Å². The Morgan fingerprint density at radius 3 is 2.92 bits per heavy atom. The highest BCUT2D eigenvalue weighted by Gasteiger charge is 2.09. The molecule has 0 aliphatic rings. The van der Waals surface area contributed by atoms with E-state index >= 15 is 0 Å². The summed E-state index contributed by atoms with van der Waals surface area (Å²) in [7, 11) is 0. The van der Waals surface area contributed by atoms with Crippen LogP contribution in [0.15, 0.2) is 24.3 Å². The quantitative estimate of drug-likeness (QED) is 0.660. The molecule has 0 amide bonds.